The Morgan fingerprint density at radius 3 is 2.42 bits per heavy atom. The van der Waals surface area contributed by atoms with E-state index >= 15 is 0 Å². The van der Waals surface area contributed by atoms with Crippen LogP contribution < -0.4 is 5.32 Å². The first-order chi connectivity index (χ1) is 15.0. The highest BCUT2D eigenvalue weighted by atomic mass is 79.9. The van der Waals surface area contributed by atoms with Crippen LogP contribution >= 0.6 is 27.7 Å². The SMILES string of the molecule is C=CCn1c(CC23CC4CC(CC(C4)C2)C3)nnc1SCC(=O)Nc1ccc(Br)cc1. The molecular formula is C24H29BrN4OS. The first-order valence-electron chi connectivity index (χ1n) is 11.2. The minimum atomic E-state index is -0.0388. The van der Waals surface area contributed by atoms with E-state index in [0.29, 0.717) is 17.7 Å². The molecule has 2 aromatic rings. The van der Waals surface area contributed by atoms with E-state index in [1.165, 1.54) is 50.3 Å². The minimum absolute atomic E-state index is 0.0388. The molecule has 4 aliphatic carbocycles. The second-order valence-electron chi connectivity index (χ2n) is 9.74. The number of thioether (sulfide) groups is 1. The van der Waals surface area contributed by atoms with Crippen LogP contribution in [-0.2, 0) is 17.8 Å². The van der Waals surface area contributed by atoms with E-state index in [2.05, 4.69) is 42.6 Å². The fourth-order valence-electron chi connectivity index (χ4n) is 6.57. The van der Waals surface area contributed by atoms with Crippen molar-refractivity contribution in [2.24, 2.45) is 23.2 Å². The third-order valence-corrected chi connectivity index (χ3v) is 8.76. The zero-order chi connectivity index (χ0) is 21.4. The van der Waals surface area contributed by atoms with Crippen LogP contribution in [0.5, 0.6) is 0 Å². The molecule has 1 aromatic heterocycles. The topological polar surface area (TPSA) is 59.8 Å². The van der Waals surface area contributed by atoms with Gasteiger partial charge < -0.3 is 9.88 Å². The number of anilines is 1. The molecule has 0 atom stereocenters. The molecule has 4 aliphatic rings. The molecule has 1 N–H and O–H groups in total. The van der Waals surface area contributed by atoms with E-state index in [4.69, 9.17) is 0 Å². The molecule has 6 rings (SSSR count). The van der Waals surface area contributed by atoms with Crippen molar-refractivity contribution >= 4 is 39.3 Å². The van der Waals surface area contributed by atoms with Crippen LogP contribution in [0.25, 0.3) is 0 Å². The van der Waals surface area contributed by atoms with Crippen LogP contribution in [0.15, 0.2) is 46.5 Å². The zero-order valence-corrected chi connectivity index (χ0v) is 20.1. The van der Waals surface area contributed by atoms with Crippen molar-refractivity contribution in [2.75, 3.05) is 11.1 Å². The summed E-state index contributed by atoms with van der Waals surface area (Å²) in [4.78, 5) is 12.4. The van der Waals surface area contributed by atoms with Gasteiger partial charge in [-0.25, -0.2) is 0 Å². The molecule has 0 unspecified atom stereocenters. The van der Waals surface area contributed by atoms with Crippen molar-refractivity contribution < 1.29 is 4.79 Å². The Morgan fingerprint density at radius 2 is 1.81 bits per heavy atom. The predicted molar refractivity (Wildman–Crippen MR) is 128 cm³/mol. The molecule has 4 bridgehead atoms. The van der Waals surface area contributed by atoms with Crippen molar-refractivity contribution in [1.29, 1.82) is 0 Å². The van der Waals surface area contributed by atoms with E-state index in [0.717, 1.165) is 45.3 Å². The van der Waals surface area contributed by atoms with Gasteiger partial charge in [-0.3, -0.25) is 4.79 Å². The molecule has 0 radical (unpaired) electrons. The van der Waals surface area contributed by atoms with E-state index in [9.17, 15) is 4.79 Å². The highest BCUT2D eigenvalue weighted by molar-refractivity contribution is 9.10. The fourth-order valence-corrected chi connectivity index (χ4v) is 7.60. The van der Waals surface area contributed by atoms with Crippen molar-refractivity contribution in [1.82, 2.24) is 14.8 Å². The summed E-state index contributed by atoms with van der Waals surface area (Å²) in [6.07, 6.45) is 11.4. The summed E-state index contributed by atoms with van der Waals surface area (Å²) in [7, 11) is 0. The standard InChI is InChI=1S/C24H29BrN4OS/c1-2-7-29-21(14-24-11-16-8-17(12-24)10-18(9-16)13-24)27-28-23(29)31-15-22(30)26-20-5-3-19(25)4-6-20/h2-6,16-18H,1,7-15H2,(H,26,30). The van der Waals surface area contributed by atoms with Gasteiger partial charge in [0.15, 0.2) is 5.16 Å². The zero-order valence-electron chi connectivity index (χ0n) is 17.7. The smallest absolute Gasteiger partial charge is 0.234 e. The maximum absolute atomic E-state index is 12.4. The second-order valence-corrected chi connectivity index (χ2v) is 11.6. The maximum atomic E-state index is 12.4. The lowest BCUT2D eigenvalue weighted by molar-refractivity contribution is -0.113. The van der Waals surface area contributed by atoms with Crippen LogP contribution in [-0.4, -0.2) is 26.4 Å². The summed E-state index contributed by atoms with van der Waals surface area (Å²) < 4.78 is 3.16. The van der Waals surface area contributed by atoms with Gasteiger partial charge in [0.05, 0.1) is 5.75 Å². The Kier molecular flexibility index (Phi) is 5.99. The monoisotopic (exact) mass is 500 g/mol. The van der Waals surface area contributed by atoms with Crippen LogP contribution in [0.3, 0.4) is 0 Å². The molecule has 4 fully saturated rings. The number of rotatable bonds is 8. The van der Waals surface area contributed by atoms with Gasteiger partial charge >= 0.3 is 0 Å². The molecular weight excluding hydrogens is 472 g/mol. The van der Waals surface area contributed by atoms with Crippen molar-refractivity contribution in [3.05, 3.63) is 47.2 Å². The summed E-state index contributed by atoms with van der Waals surface area (Å²) in [6, 6.07) is 7.60. The molecule has 5 nitrogen and oxygen atoms in total. The number of carbonyl (C=O) groups is 1. The van der Waals surface area contributed by atoms with Gasteiger partial charge in [-0.2, -0.15) is 0 Å². The van der Waals surface area contributed by atoms with Gasteiger partial charge in [-0.15, -0.1) is 16.8 Å². The van der Waals surface area contributed by atoms with Crippen LogP contribution in [0.4, 0.5) is 5.69 Å². The van der Waals surface area contributed by atoms with Crippen LogP contribution in [0.1, 0.15) is 44.3 Å². The molecule has 7 heteroatoms. The van der Waals surface area contributed by atoms with Crippen LogP contribution in [0, 0.1) is 23.2 Å². The Bertz CT molecular complexity index is 935. The summed E-state index contributed by atoms with van der Waals surface area (Å²) in [5.74, 6) is 4.12. The van der Waals surface area contributed by atoms with Gasteiger partial charge in [-0.1, -0.05) is 33.8 Å². The normalized spacial score (nSPS) is 28.6. The molecule has 1 amide bonds. The Balaban J connectivity index is 1.25. The van der Waals surface area contributed by atoms with Crippen molar-refractivity contribution in [3.8, 4) is 0 Å². The predicted octanol–water partition coefficient (Wildman–Crippen LogP) is 5.72. The third-order valence-electron chi connectivity index (χ3n) is 7.26. The largest absolute Gasteiger partial charge is 0.325 e. The van der Waals surface area contributed by atoms with E-state index in [1.807, 2.05) is 30.3 Å². The van der Waals surface area contributed by atoms with Crippen LogP contribution in [0.2, 0.25) is 0 Å². The Hall–Kier alpha value is -1.60. The van der Waals surface area contributed by atoms with Gasteiger partial charge in [0, 0.05) is 23.1 Å². The number of hydrogen-bond donors (Lipinski definition) is 1. The minimum Gasteiger partial charge on any atom is -0.325 e. The van der Waals surface area contributed by atoms with E-state index in [-0.39, 0.29) is 5.91 Å². The van der Waals surface area contributed by atoms with Gasteiger partial charge in [0.2, 0.25) is 5.91 Å². The van der Waals surface area contributed by atoms with Gasteiger partial charge in [-0.05, 0) is 86.0 Å². The Labute approximate surface area is 196 Å². The number of nitrogens with one attached hydrogen (secondary N) is 1. The highest BCUT2D eigenvalue weighted by Crippen LogP contribution is 2.61. The molecule has 1 aromatic carbocycles. The number of amides is 1. The first-order valence-corrected chi connectivity index (χ1v) is 13.0. The summed E-state index contributed by atoms with van der Waals surface area (Å²) in [5.41, 5.74) is 1.21. The highest BCUT2D eigenvalue weighted by Gasteiger charge is 2.51. The lowest BCUT2D eigenvalue weighted by Gasteiger charge is -2.56. The van der Waals surface area contributed by atoms with Crippen molar-refractivity contribution in [2.45, 2.75) is 56.6 Å². The first kappa shape index (κ1) is 21.3. The summed E-state index contributed by atoms with van der Waals surface area (Å²) in [6.45, 7) is 4.62. The molecule has 164 valence electrons. The molecule has 0 saturated heterocycles. The number of allylic oxidation sites excluding steroid dienone is 1. The number of benzene rings is 1. The fraction of sp³-hybridized carbons (Fsp3) is 0.542. The average Bonchev–Trinajstić information content (AvgIpc) is 3.08. The van der Waals surface area contributed by atoms with Gasteiger partial charge in [0.1, 0.15) is 5.82 Å². The average molecular weight is 501 g/mol. The molecule has 4 saturated carbocycles. The summed E-state index contributed by atoms with van der Waals surface area (Å²) >= 11 is 4.86. The summed E-state index contributed by atoms with van der Waals surface area (Å²) in [5, 5.41) is 12.8. The van der Waals surface area contributed by atoms with Crippen molar-refractivity contribution in [3.63, 3.8) is 0 Å². The third kappa shape index (κ3) is 4.63. The maximum Gasteiger partial charge on any atom is 0.234 e. The lowest BCUT2D eigenvalue weighted by atomic mass is 9.49. The van der Waals surface area contributed by atoms with E-state index < -0.39 is 0 Å². The number of carbonyl (C=O) groups excluding carboxylic acids is 1. The van der Waals surface area contributed by atoms with E-state index in [1.54, 1.807) is 0 Å². The number of hydrogen-bond acceptors (Lipinski definition) is 4. The Morgan fingerprint density at radius 1 is 1.16 bits per heavy atom. The number of nitrogens with zero attached hydrogens (tertiary/aromatic N) is 3. The molecule has 1 heterocycles. The number of aromatic nitrogens is 3. The second kappa shape index (κ2) is 8.74. The van der Waals surface area contributed by atoms with Gasteiger partial charge in [0.25, 0.3) is 0 Å². The molecule has 0 spiro atoms. The molecule has 0 aliphatic heterocycles. The lowest BCUT2D eigenvalue weighted by Crippen LogP contribution is -2.47. The number of halogens is 1. The quantitative estimate of drug-likeness (QED) is 0.372. The molecule has 31 heavy (non-hydrogen) atoms.